The molecule has 0 radical (unpaired) electrons. The van der Waals surface area contributed by atoms with Gasteiger partial charge in [0.15, 0.2) is 5.60 Å². The molecule has 1 saturated heterocycles. The zero-order chi connectivity index (χ0) is 39.6. The molecule has 0 unspecified atom stereocenters. The molecular formula is C45H50N4O6Si. The van der Waals surface area contributed by atoms with E-state index >= 15 is 4.79 Å². The van der Waals surface area contributed by atoms with Gasteiger partial charge in [-0.05, 0) is 47.0 Å². The number of carbonyl (C=O) groups excluding carboxylic acids is 3. The minimum absolute atomic E-state index is 0.0231. The lowest BCUT2D eigenvalue weighted by atomic mass is 9.82. The minimum Gasteiger partial charge on any atom is -0.497 e. The lowest BCUT2D eigenvalue weighted by molar-refractivity contribution is -0.149. The molecule has 290 valence electrons. The van der Waals surface area contributed by atoms with Crippen LogP contribution in [0.15, 0.2) is 121 Å². The van der Waals surface area contributed by atoms with Crippen molar-refractivity contribution in [1.29, 1.82) is 0 Å². The van der Waals surface area contributed by atoms with Gasteiger partial charge in [0.25, 0.3) is 5.91 Å². The van der Waals surface area contributed by atoms with Gasteiger partial charge >= 0.3 is 0 Å². The van der Waals surface area contributed by atoms with Crippen molar-refractivity contribution in [3.05, 3.63) is 132 Å². The van der Waals surface area contributed by atoms with Gasteiger partial charge in [-0.2, -0.15) is 5.10 Å². The second-order valence-corrected chi connectivity index (χ2v) is 20.1. The van der Waals surface area contributed by atoms with Crippen LogP contribution in [0, 0.1) is 5.92 Å². The molecule has 3 heterocycles. The average molecular weight is 771 g/mol. The van der Waals surface area contributed by atoms with Crippen LogP contribution in [-0.4, -0.2) is 74.4 Å². The van der Waals surface area contributed by atoms with E-state index in [9.17, 15) is 14.7 Å². The second kappa shape index (κ2) is 16.0. The SMILES string of the molecule is C=CCN1C(=O)[C@@]2(O[C@@H](CC(=O)N(CCO)Cc3ccccc3)[C@H]([Si](C)(C)c3ccc(OC)cc3)[C@H]2C)c2cc(N3N=C(c4ccccc4)CCC3=O)ccc21. The molecule has 3 amide bonds. The third-order valence-electron chi connectivity index (χ3n) is 11.8. The van der Waals surface area contributed by atoms with Gasteiger partial charge in [0, 0.05) is 44.0 Å². The first-order valence-electron chi connectivity index (χ1n) is 19.3. The summed E-state index contributed by atoms with van der Waals surface area (Å²) in [6.45, 7) is 11.2. The minimum atomic E-state index is -2.57. The van der Waals surface area contributed by atoms with E-state index in [2.05, 4.69) is 38.7 Å². The monoisotopic (exact) mass is 770 g/mol. The Balaban J connectivity index is 1.33. The topological polar surface area (TPSA) is 112 Å². The van der Waals surface area contributed by atoms with Gasteiger partial charge < -0.3 is 24.4 Å². The predicted octanol–water partition coefficient (Wildman–Crippen LogP) is 6.39. The average Bonchev–Trinajstić information content (AvgIpc) is 3.64. The summed E-state index contributed by atoms with van der Waals surface area (Å²) >= 11 is 0. The molecule has 0 aliphatic carbocycles. The lowest BCUT2D eigenvalue weighted by Gasteiger charge is -2.37. The van der Waals surface area contributed by atoms with Crippen LogP contribution < -0.4 is 19.8 Å². The highest BCUT2D eigenvalue weighted by atomic mass is 28.3. The summed E-state index contributed by atoms with van der Waals surface area (Å²) in [4.78, 5) is 46.4. The normalized spacial score (nSPS) is 21.9. The highest BCUT2D eigenvalue weighted by Crippen LogP contribution is 2.60. The largest absolute Gasteiger partial charge is 0.497 e. The number of rotatable bonds is 13. The standard InChI is InChI=1S/C45H50N4O6Si/c1-6-25-48-39-23-17-34(49-41(51)24-22-38(46-49)33-15-11-8-12-16-33)28-37(39)45(44(48)53)31(2)43(56(4,5)36-20-18-35(54-3)19-21-36)40(55-45)29-42(52)47(26-27-50)30-32-13-9-7-10-14-32/h6-21,23,28,31,40,43,50H,1,22,24-27,29-30H2,2-5H3/t31-,40+,43-,45+/m1/s1. The zero-order valence-corrected chi connectivity index (χ0v) is 33.6. The number of hydrogen-bond acceptors (Lipinski definition) is 7. The summed E-state index contributed by atoms with van der Waals surface area (Å²) in [5, 5.41) is 17.5. The molecule has 1 spiro atoms. The smallest absolute Gasteiger partial charge is 0.264 e. The molecule has 3 aliphatic heterocycles. The number of aliphatic hydroxyl groups excluding tert-OH is 1. The van der Waals surface area contributed by atoms with Crippen molar-refractivity contribution in [1.82, 2.24) is 4.90 Å². The number of carbonyl (C=O) groups is 3. The van der Waals surface area contributed by atoms with E-state index in [0.29, 0.717) is 36.3 Å². The Morgan fingerprint density at radius 3 is 2.38 bits per heavy atom. The Hall–Kier alpha value is -5.36. The summed E-state index contributed by atoms with van der Waals surface area (Å²) in [7, 11) is -0.929. The van der Waals surface area contributed by atoms with Gasteiger partial charge in [0.05, 0.1) is 51.4 Å². The van der Waals surface area contributed by atoms with E-state index in [1.165, 1.54) is 5.01 Å². The number of fused-ring (bicyclic) bond motifs is 2. The number of hydrazone groups is 1. The number of amides is 3. The van der Waals surface area contributed by atoms with Crippen LogP contribution in [0.1, 0.15) is 42.9 Å². The molecule has 0 saturated carbocycles. The van der Waals surface area contributed by atoms with Crippen molar-refractivity contribution < 1.29 is 29.0 Å². The van der Waals surface area contributed by atoms with Gasteiger partial charge in [0.1, 0.15) is 5.75 Å². The van der Waals surface area contributed by atoms with Gasteiger partial charge in [-0.25, -0.2) is 5.01 Å². The van der Waals surface area contributed by atoms with E-state index in [1.54, 1.807) is 23.0 Å². The van der Waals surface area contributed by atoms with Crippen LogP contribution in [0.25, 0.3) is 0 Å². The Kier molecular flexibility index (Phi) is 11.1. The molecule has 10 nitrogen and oxygen atoms in total. The fourth-order valence-electron chi connectivity index (χ4n) is 9.05. The zero-order valence-electron chi connectivity index (χ0n) is 32.6. The Labute approximate surface area is 330 Å². The fraction of sp³-hybridized carbons (Fsp3) is 0.333. The number of methoxy groups -OCH3 is 1. The van der Waals surface area contributed by atoms with Crippen LogP contribution in [0.4, 0.5) is 11.4 Å². The number of ether oxygens (including phenoxy) is 2. The molecule has 4 aromatic rings. The van der Waals surface area contributed by atoms with Crippen molar-refractivity contribution >= 4 is 48.1 Å². The first kappa shape index (κ1) is 38.9. The van der Waals surface area contributed by atoms with E-state index in [0.717, 1.165) is 27.8 Å². The Morgan fingerprint density at radius 2 is 1.71 bits per heavy atom. The fourth-order valence-corrected chi connectivity index (χ4v) is 13.1. The highest BCUT2D eigenvalue weighted by molar-refractivity contribution is 6.91. The Bertz CT molecular complexity index is 2130. The summed E-state index contributed by atoms with van der Waals surface area (Å²) in [6.07, 6.45) is 1.91. The molecule has 4 aromatic carbocycles. The van der Waals surface area contributed by atoms with Crippen molar-refractivity contribution in [3.8, 4) is 5.75 Å². The van der Waals surface area contributed by atoms with Crippen molar-refractivity contribution in [2.45, 2.75) is 63.1 Å². The third kappa shape index (κ3) is 6.99. The van der Waals surface area contributed by atoms with Crippen molar-refractivity contribution in [2.75, 3.05) is 36.7 Å². The molecule has 0 aromatic heterocycles. The molecule has 3 aliphatic rings. The summed E-state index contributed by atoms with van der Waals surface area (Å²) in [6, 6.07) is 33.2. The first-order valence-corrected chi connectivity index (χ1v) is 22.4. The maximum atomic E-state index is 15.1. The Morgan fingerprint density at radius 1 is 1.02 bits per heavy atom. The number of hydrogen-bond donors (Lipinski definition) is 1. The summed E-state index contributed by atoms with van der Waals surface area (Å²) < 4.78 is 12.7. The summed E-state index contributed by atoms with van der Waals surface area (Å²) in [5.41, 5.74) is 2.94. The van der Waals surface area contributed by atoms with Gasteiger partial charge in [-0.3, -0.25) is 14.4 Å². The second-order valence-electron chi connectivity index (χ2n) is 15.4. The molecule has 1 N–H and O–H groups in total. The van der Waals surface area contributed by atoms with E-state index in [-0.39, 0.29) is 55.3 Å². The van der Waals surface area contributed by atoms with Gasteiger partial charge in [0.2, 0.25) is 11.8 Å². The van der Waals surface area contributed by atoms with E-state index in [4.69, 9.17) is 14.6 Å². The quantitative estimate of drug-likeness (QED) is 0.125. The van der Waals surface area contributed by atoms with Crippen LogP contribution in [-0.2, 0) is 31.3 Å². The number of anilines is 2. The molecule has 1 fully saturated rings. The van der Waals surface area contributed by atoms with Crippen LogP contribution >= 0.6 is 0 Å². The number of aliphatic hydroxyl groups is 1. The van der Waals surface area contributed by atoms with Crippen molar-refractivity contribution in [2.24, 2.45) is 11.0 Å². The molecule has 7 rings (SSSR count). The van der Waals surface area contributed by atoms with Crippen LogP contribution in [0.5, 0.6) is 5.75 Å². The molecule has 11 heteroatoms. The van der Waals surface area contributed by atoms with E-state index in [1.807, 2.05) is 91.0 Å². The first-order chi connectivity index (χ1) is 27.0. The third-order valence-corrected chi connectivity index (χ3v) is 16.2. The van der Waals surface area contributed by atoms with Crippen molar-refractivity contribution in [3.63, 3.8) is 0 Å². The van der Waals surface area contributed by atoms with Gasteiger partial charge in [-0.1, -0.05) is 104 Å². The van der Waals surface area contributed by atoms with Gasteiger partial charge in [-0.15, -0.1) is 6.58 Å². The maximum Gasteiger partial charge on any atom is 0.264 e. The highest BCUT2D eigenvalue weighted by Gasteiger charge is 2.66. The van der Waals surface area contributed by atoms with Crippen LogP contribution in [0.3, 0.4) is 0 Å². The molecule has 0 bridgehead atoms. The summed E-state index contributed by atoms with van der Waals surface area (Å²) in [5.74, 6) is -0.141. The molecule has 4 atom stereocenters. The molecule has 56 heavy (non-hydrogen) atoms. The van der Waals surface area contributed by atoms with E-state index < -0.39 is 19.8 Å². The predicted molar refractivity (Wildman–Crippen MR) is 222 cm³/mol. The lowest BCUT2D eigenvalue weighted by Crippen LogP contribution is -2.52. The number of nitrogens with zero attached hydrogens (tertiary/aromatic N) is 4. The number of benzene rings is 4. The maximum absolute atomic E-state index is 15.1. The van der Waals surface area contributed by atoms with Crippen LogP contribution in [0.2, 0.25) is 18.6 Å². The molecular weight excluding hydrogens is 721 g/mol.